The fourth-order valence-electron chi connectivity index (χ4n) is 1.66. The number of aromatic carboxylic acids is 1. The molecule has 0 saturated heterocycles. The molecule has 0 heterocycles. The van der Waals surface area contributed by atoms with Gasteiger partial charge in [0.25, 0.3) is 0 Å². The Morgan fingerprint density at radius 2 is 2.00 bits per heavy atom. The third-order valence-corrected chi connectivity index (χ3v) is 2.41. The summed E-state index contributed by atoms with van der Waals surface area (Å²) in [7, 11) is 0. The van der Waals surface area contributed by atoms with E-state index in [-0.39, 0.29) is 12.2 Å². The molecule has 0 spiro atoms. The van der Waals surface area contributed by atoms with Gasteiger partial charge in [0.05, 0.1) is 5.56 Å². The van der Waals surface area contributed by atoms with Gasteiger partial charge in [-0.1, -0.05) is 6.92 Å². The van der Waals surface area contributed by atoms with E-state index in [9.17, 15) is 22.4 Å². The van der Waals surface area contributed by atoms with Gasteiger partial charge >= 0.3 is 12.1 Å². The fraction of sp³-hybridized carbons (Fsp3) is 0.417. The van der Waals surface area contributed by atoms with Crippen LogP contribution in [0.1, 0.15) is 23.7 Å². The third kappa shape index (κ3) is 4.42. The van der Waals surface area contributed by atoms with Gasteiger partial charge in [-0.2, -0.15) is 13.2 Å². The molecular formula is C12H13F4NO2. The van der Waals surface area contributed by atoms with Gasteiger partial charge in [0.1, 0.15) is 12.4 Å². The minimum atomic E-state index is -4.41. The summed E-state index contributed by atoms with van der Waals surface area (Å²) in [6.45, 7) is 0.601. The fourth-order valence-corrected chi connectivity index (χ4v) is 1.66. The van der Waals surface area contributed by atoms with Crippen LogP contribution in [0.5, 0.6) is 0 Å². The van der Waals surface area contributed by atoms with E-state index in [1.165, 1.54) is 6.07 Å². The average molecular weight is 279 g/mol. The summed E-state index contributed by atoms with van der Waals surface area (Å²) in [5.41, 5.74) is -0.547. The largest absolute Gasteiger partial charge is 0.478 e. The van der Waals surface area contributed by atoms with Gasteiger partial charge in [-0.3, -0.25) is 0 Å². The number of anilines is 1. The first-order valence-electron chi connectivity index (χ1n) is 5.59. The second-order valence-electron chi connectivity index (χ2n) is 4.01. The van der Waals surface area contributed by atoms with Crippen molar-refractivity contribution in [2.24, 2.45) is 0 Å². The van der Waals surface area contributed by atoms with Crippen molar-refractivity contribution >= 4 is 11.7 Å². The molecule has 0 unspecified atom stereocenters. The molecule has 106 valence electrons. The molecule has 0 fully saturated rings. The van der Waals surface area contributed by atoms with Gasteiger partial charge in [0.2, 0.25) is 0 Å². The highest BCUT2D eigenvalue weighted by molar-refractivity contribution is 5.88. The molecule has 1 aromatic carbocycles. The van der Waals surface area contributed by atoms with Crippen LogP contribution in [0.25, 0.3) is 0 Å². The Balaban J connectivity index is 3.03. The molecule has 0 aromatic heterocycles. The van der Waals surface area contributed by atoms with Gasteiger partial charge in [-0.25, -0.2) is 9.18 Å². The van der Waals surface area contributed by atoms with Crippen LogP contribution in [0.2, 0.25) is 0 Å². The maximum absolute atomic E-state index is 13.4. The number of halogens is 4. The van der Waals surface area contributed by atoms with Crippen LogP contribution in [0.15, 0.2) is 18.2 Å². The predicted octanol–water partition coefficient (Wildman–Crippen LogP) is 3.30. The number of hydrogen-bond acceptors (Lipinski definition) is 2. The number of rotatable bonds is 5. The molecule has 0 amide bonds. The maximum Gasteiger partial charge on any atom is 0.405 e. The number of carbonyl (C=O) groups is 1. The summed E-state index contributed by atoms with van der Waals surface area (Å²) >= 11 is 0. The first kappa shape index (κ1) is 15.3. The number of nitrogens with zero attached hydrogens (tertiary/aromatic N) is 1. The highest BCUT2D eigenvalue weighted by Crippen LogP contribution is 2.24. The molecule has 0 aliphatic rings. The minimum Gasteiger partial charge on any atom is -0.478 e. The molecule has 0 aliphatic carbocycles. The predicted molar refractivity (Wildman–Crippen MR) is 61.9 cm³/mol. The zero-order chi connectivity index (χ0) is 14.6. The van der Waals surface area contributed by atoms with Crippen molar-refractivity contribution in [3.8, 4) is 0 Å². The van der Waals surface area contributed by atoms with Crippen molar-refractivity contribution < 1.29 is 27.5 Å². The van der Waals surface area contributed by atoms with E-state index in [1.54, 1.807) is 6.92 Å². The van der Waals surface area contributed by atoms with Crippen LogP contribution in [-0.2, 0) is 0 Å². The lowest BCUT2D eigenvalue weighted by Gasteiger charge is -2.25. The van der Waals surface area contributed by atoms with Crippen LogP contribution >= 0.6 is 0 Å². The Morgan fingerprint density at radius 3 is 2.42 bits per heavy atom. The molecular weight excluding hydrogens is 266 g/mol. The minimum absolute atomic E-state index is 0.0154. The highest BCUT2D eigenvalue weighted by Gasteiger charge is 2.31. The summed E-state index contributed by atoms with van der Waals surface area (Å²) < 4.78 is 50.6. The van der Waals surface area contributed by atoms with Crippen molar-refractivity contribution in [2.45, 2.75) is 19.5 Å². The Hall–Kier alpha value is -1.79. The summed E-state index contributed by atoms with van der Waals surface area (Å²) in [4.78, 5) is 11.6. The standard InChI is InChI=1S/C12H13F4NO2/c1-2-5-17(7-12(14,15)16)8-3-4-9(11(18)19)10(13)6-8/h3-4,6H,2,5,7H2,1H3,(H,18,19). The normalized spacial score (nSPS) is 11.4. The maximum atomic E-state index is 13.4. The lowest BCUT2D eigenvalue weighted by Crippen LogP contribution is -2.35. The number of benzene rings is 1. The van der Waals surface area contributed by atoms with E-state index in [4.69, 9.17) is 5.11 Å². The van der Waals surface area contributed by atoms with E-state index in [0.717, 1.165) is 17.0 Å². The highest BCUT2D eigenvalue weighted by atomic mass is 19.4. The average Bonchev–Trinajstić information content (AvgIpc) is 2.26. The van der Waals surface area contributed by atoms with Gasteiger partial charge in [0.15, 0.2) is 0 Å². The quantitative estimate of drug-likeness (QED) is 0.841. The lowest BCUT2D eigenvalue weighted by atomic mass is 10.1. The summed E-state index contributed by atoms with van der Waals surface area (Å²) in [6, 6.07) is 2.95. The molecule has 19 heavy (non-hydrogen) atoms. The molecule has 3 nitrogen and oxygen atoms in total. The molecule has 0 saturated carbocycles. The van der Waals surface area contributed by atoms with Crippen LogP contribution in [0, 0.1) is 5.82 Å². The van der Waals surface area contributed by atoms with E-state index in [2.05, 4.69) is 0 Å². The summed E-state index contributed by atoms with van der Waals surface area (Å²) in [5.74, 6) is -2.50. The van der Waals surface area contributed by atoms with Crippen LogP contribution in [-0.4, -0.2) is 30.3 Å². The van der Waals surface area contributed by atoms with Gasteiger partial charge < -0.3 is 10.0 Å². The number of alkyl halides is 3. The molecule has 0 bridgehead atoms. The Bertz CT molecular complexity index is 460. The lowest BCUT2D eigenvalue weighted by molar-refractivity contribution is -0.119. The van der Waals surface area contributed by atoms with Crippen molar-refractivity contribution in [1.82, 2.24) is 0 Å². The van der Waals surface area contributed by atoms with Gasteiger partial charge in [-0.05, 0) is 24.6 Å². The molecule has 7 heteroatoms. The van der Waals surface area contributed by atoms with Crippen molar-refractivity contribution in [2.75, 3.05) is 18.0 Å². The Labute approximate surface area is 107 Å². The smallest absolute Gasteiger partial charge is 0.405 e. The number of carboxylic acids is 1. The second kappa shape index (κ2) is 5.90. The molecule has 0 aliphatic heterocycles. The first-order chi connectivity index (χ1) is 8.74. The molecule has 1 N–H and O–H groups in total. The molecule has 1 aromatic rings. The van der Waals surface area contributed by atoms with Crippen molar-refractivity contribution in [1.29, 1.82) is 0 Å². The van der Waals surface area contributed by atoms with E-state index in [1.807, 2.05) is 0 Å². The zero-order valence-corrected chi connectivity index (χ0v) is 10.2. The third-order valence-electron chi connectivity index (χ3n) is 2.41. The number of carboxylic acid groups (broad SMARTS) is 1. The Morgan fingerprint density at radius 1 is 1.37 bits per heavy atom. The summed E-state index contributed by atoms with van der Waals surface area (Å²) in [5, 5.41) is 8.65. The zero-order valence-electron chi connectivity index (χ0n) is 10.2. The first-order valence-corrected chi connectivity index (χ1v) is 5.59. The van der Waals surface area contributed by atoms with Gasteiger partial charge in [-0.15, -0.1) is 0 Å². The van der Waals surface area contributed by atoms with Gasteiger partial charge in [0, 0.05) is 12.2 Å². The topological polar surface area (TPSA) is 40.5 Å². The molecule has 0 radical (unpaired) electrons. The monoisotopic (exact) mass is 279 g/mol. The second-order valence-corrected chi connectivity index (χ2v) is 4.01. The summed E-state index contributed by atoms with van der Waals surface area (Å²) in [6.07, 6.45) is -3.95. The van der Waals surface area contributed by atoms with Crippen molar-refractivity contribution in [3.63, 3.8) is 0 Å². The van der Waals surface area contributed by atoms with E-state index >= 15 is 0 Å². The van der Waals surface area contributed by atoms with Crippen LogP contribution < -0.4 is 4.90 Å². The van der Waals surface area contributed by atoms with E-state index < -0.39 is 30.1 Å². The van der Waals surface area contributed by atoms with Crippen LogP contribution in [0.3, 0.4) is 0 Å². The number of hydrogen-bond donors (Lipinski definition) is 1. The van der Waals surface area contributed by atoms with Crippen molar-refractivity contribution in [3.05, 3.63) is 29.6 Å². The Kier molecular flexibility index (Phi) is 4.74. The van der Waals surface area contributed by atoms with E-state index in [0.29, 0.717) is 6.42 Å². The SMILES string of the molecule is CCCN(CC(F)(F)F)c1ccc(C(=O)O)c(F)c1. The molecule has 0 atom stereocenters. The van der Waals surface area contributed by atoms with Crippen LogP contribution in [0.4, 0.5) is 23.2 Å². The molecule has 1 rings (SSSR count).